The Morgan fingerprint density at radius 2 is 2.16 bits per heavy atom. The second-order valence-corrected chi connectivity index (χ2v) is 7.14. The van der Waals surface area contributed by atoms with Gasteiger partial charge < -0.3 is 5.11 Å². The van der Waals surface area contributed by atoms with Gasteiger partial charge in [-0.05, 0) is 31.4 Å². The Morgan fingerprint density at radius 3 is 2.63 bits per heavy atom. The molecule has 1 aromatic carbocycles. The molecule has 0 heterocycles. The number of rotatable bonds is 6. The predicted molar refractivity (Wildman–Crippen MR) is 75.6 cm³/mol. The highest BCUT2D eigenvalue weighted by Crippen LogP contribution is 2.20. The van der Waals surface area contributed by atoms with Crippen molar-refractivity contribution in [3.8, 4) is 0 Å². The van der Waals surface area contributed by atoms with Crippen LogP contribution in [0.5, 0.6) is 0 Å². The zero-order chi connectivity index (χ0) is 14.6. The van der Waals surface area contributed by atoms with Crippen molar-refractivity contribution in [2.45, 2.75) is 23.1 Å². The lowest BCUT2D eigenvalue weighted by Crippen LogP contribution is -2.41. The summed E-state index contributed by atoms with van der Waals surface area (Å²) < 4.78 is 39.6. The molecule has 8 heteroatoms. The maximum atomic E-state index is 13.0. The molecule has 0 saturated carbocycles. The Labute approximate surface area is 121 Å². The summed E-state index contributed by atoms with van der Waals surface area (Å²) in [6.45, 7) is 1.51. The minimum Gasteiger partial charge on any atom is -0.395 e. The largest absolute Gasteiger partial charge is 0.395 e. The molecule has 0 spiro atoms. The number of hydrogen-bond acceptors (Lipinski definition) is 4. The van der Waals surface area contributed by atoms with E-state index in [2.05, 4.69) is 4.72 Å². The minimum absolute atomic E-state index is 0.108. The Kier molecular flexibility index (Phi) is 6.07. The summed E-state index contributed by atoms with van der Waals surface area (Å²) in [6, 6.07) is 2.73. The Bertz CT molecular complexity index is 535. The van der Waals surface area contributed by atoms with Crippen molar-refractivity contribution in [2.75, 3.05) is 12.9 Å². The molecule has 19 heavy (non-hydrogen) atoms. The highest BCUT2D eigenvalue weighted by Gasteiger charge is 2.23. The van der Waals surface area contributed by atoms with E-state index in [1.54, 1.807) is 13.2 Å². The Hall–Kier alpha value is -0.340. The van der Waals surface area contributed by atoms with Gasteiger partial charge in [0.15, 0.2) is 0 Å². The number of hydrogen-bond donors (Lipinski definition) is 2. The molecule has 2 atom stereocenters. The first kappa shape index (κ1) is 16.7. The number of nitrogens with one attached hydrogen (secondary N) is 1. The molecular formula is C11H15ClFNO3S2. The smallest absolute Gasteiger partial charge is 0.240 e. The van der Waals surface area contributed by atoms with Gasteiger partial charge in [0, 0.05) is 11.3 Å². The molecule has 108 valence electrons. The Balaban J connectivity index is 2.95. The van der Waals surface area contributed by atoms with E-state index in [4.69, 9.17) is 16.7 Å². The van der Waals surface area contributed by atoms with Crippen molar-refractivity contribution in [3.05, 3.63) is 29.0 Å². The summed E-state index contributed by atoms with van der Waals surface area (Å²) in [6.07, 6.45) is 1.78. The lowest BCUT2D eigenvalue weighted by Gasteiger charge is -2.21. The normalized spacial score (nSPS) is 15.2. The van der Waals surface area contributed by atoms with E-state index >= 15 is 0 Å². The maximum Gasteiger partial charge on any atom is 0.240 e. The van der Waals surface area contributed by atoms with Gasteiger partial charge in [-0.25, -0.2) is 17.5 Å². The van der Waals surface area contributed by atoms with Gasteiger partial charge in [0.1, 0.15) is 5.82 Å². The van der Waals surface area contributed by atoms with Crippen LogP contribution < -0.4 is 4.72 Å². The van der Waals surface area contributed by atoms with Crippen molar-refractivity contribution in [2.24, 2.45) is 0 Å². The average molecular weight is 328 g/mol. The number of aliphatic hydroxyl groups is 1. The van der Waals surface area contributed by atoms with Crippen LogP contribution in [0.25, 0.3) is 0 Å². The molecule has 1 aromatic rings. The van der Waals surface area contributed by atoms with Gasteiger partial charge in [-0.1, -0.05) is 11.6 Å². The molecule has 0 aliphatic carbocycles. The molecule has 0 amide bonds. The number of halogens is 2. The highest BCUT2D eigenvalue weighted by atomic mass is 35.5. The summed E-state index contributed by atoms with van der Waals surface area (Å²) in [5, 5.41) is 8.61. The molecule has 0 bridgehead atoms. The van der Waals surface area contributed by atoms with Crippen LogP contribution in [0, 0.1) is 5.82 Å². The minimum atomic E-state index is -3.79. The first-order valence-corrected chi connectivity index (χ1v) is 8.57. The van der Waals surface area contributed by atoms with E-state index in [0.29, 0.717) is 0 Å². The van der Waals surface area contributed by atoms with Crippen molar-refractivity contribution < 1.29 is 17.9 Å². The molecule has 2 N–H and O–H groups in total. The zero-order valence-corrected chi connectivity index (χ0v) is 12.8. The van der Waals surface area contributed by atoms with Gasteiger partial charge in [-0.15, -0.1) is 0 Å². The van der Waals surface area contributed by atoms with Gasteiger partial charge in [-0.3, -0.25) is 0 Å². The molecule has 0 saturated heterocycles. The fourth-order valence-electron chi connectivity index (χ4n) is 1.47. The van der Waals surface area contributed by atoms with E-state index in [-0.39, 0.29) is 21.8 Å². The van der Waals surface area contributed by atoms with Crippen LogP contribution in [0.4, 0.5) is 4.39 Å². The predicted octanol–water partition coefficient (Wildman–Crippen LogP) is 1.87. The van der Waals surface area contributed by atoms with E-state index < -0.39 is 21.9 Å². The van der Waals surface area contributed by atoms with Crippen LogP contribution in [0.3, 0.4) is 0 Å². The molecule has 4 nitrogen and oxygen atoms in total. The van der Waals surface area contributed by atoms with E-state index in [0.717, 1.165) is 18.2 Å². The monoisotopic (exact) mass is 327 g/mol. The maximum absolute atomic E-state index is 13.0. The molecule has 2 unspecified atom stereocenters. The van der Waals surface area contributed by atoms with Crippen molar-refractivity contribution in [1.29, 1.82) is 0 Å². The third-order valence-electron chi connectivity index (χ3n) is 2.58. The standard InChI is InChI=1S/C11H15ClFNO3S2/c1-7(11(6-15)18-2)14-19(16,17)8-3-4-10(13)9(12)5-8/h3-5,7,11,14-15H,6H2,1-2H3. The van der Waals surface area contributed by atoms with Gasteiger partial charge in [-0.2, -0.15) is 11.8 Å². The van der Waals surface area contributed by atoms with Crippen LogP contribution in [0.15, 0.2) is 23.1 Å². The fourth-order valence-corrected chi connectivity index (χ4v) is 3.74. The number of benzene rings is 1. The molecule has 0 radical (unpaired) electrons. The quantitative estimate of drug-likeness (QED) is 0.837. The number of sulfonamides is 1. The molecular weight excluding hydrogens is 313 g/mol. The second-order valence-electron chi connectivity index (χ2n) is 3.94. The van der Waals surface area contributed by atoms with Gasteiger partial charge in [0.05, 0.1) is 16.5 Å². The van der Waals surface area contributed by atoms with Gasteiger partial charge in [0.2, 0.25) is 10.0 Å². The van der Waals surface area contributed by atoms with E-state index in [1.807, 2.05) is 0 Å². The number of thioether (sulfide) groups is 1. The van der Waals surface area contributed by atoms with Crippen LogP contribution >= 0.6 is 23.4 Å². The van der Waals surface area contributed by atoms with Crippen LogP contribution in [-0.2, 0) is 10.0 Å². The van der Waals surface area contributed by atoms with Gasteiger partial charge >= 0.3 is 0 Å². The molecule has 1 rings (SSSR count). The van der Waals surface area contributed by atoms with Crippen molar-refractivity contribution in [1.82, 2.24) is 4.72 Å². The first-order chi connectivity index (χ1) is 8.81. The topological polar surface area (TPSA) is 66.4 Å². The van der Waals surface area contributed by atoms with Crippen molar-refractivity contribution in [3.63, 3.8) is 0 Å². The third kappa shape index (κ3) is 4.32. The summed E-state index contributed by atoms with van der Waals surface area (Å²) >= 11 is 6.92. The average Bonchev–Trinajstić information content (AvgIpc) is 2.33. The summed E-state index contributed by atoms with van der Waals surface area (Å²) in [7, 11) is -3.79. The summed E-state index contributed by atoms with van der Waals surface area (Å²) in [4.78, 5) is -0.108. The second kappa shape index (κ2) is 6.90. The van der Waals surface area contributed by atoms with Crippen LogP contribution in [-0.4, -0.2) is 37.7 Å². The lowest BCUT2D eigenvalue weighted by molar-refractivity contribution is 0.282. The summed E-state index contributed by atoms with van der Waals surface area (Å²) in [5.41, 5.74) is 0. The summed E-state index contributed by atoms with van der Waals surface area (Å²) in [5.74, 6) is -0.675. The SMILES string of the molecule is CSC(CO)C(C)NS(=O)(=O)c1ccc(F)c(Cl)c1. The van der Waals surface area contributed by atoms with E-state index in [1.165, 1.54) is 11.8 Å². The lowest BCUT2D eigenvalue weighted by atomic mass is 10.3. The number of aliphatic hydroxyl groups excluding tert-OH is 1. The van der Waals surface area contributed by atoms with Crippen molar-refractivity contribution >= 4 is 33.4 Å². The van der Waals surface area contributed by atoms with E-state index in [9.17, 15) is 12.8 Å². The highest BCUT2D eigenvalue weighted by molar-refractivity contribution is 7.99. The fraction of sp³-hybridized carbons (Fsp3) is 0.455. The van der Waals surface area contributed by atoms with Crippen LogP contribution in [0.2, 0.25) is 5.02 Å². The first-order valence-electron chi connectivity index (χ1n) is 5.43. The molecule has 0 aliphatic rings. The van der Waals surface area contributed by atoms with Gasteiger partial charge in [0.25, 0.3) is 0 Å². The third-order valence-corrected chi connectivity index (χ3v) is 5.59. The van der Waals surface area contributed by atoms with Crippen LogP contribution in [0.1, 0.15) is 6.92 Å². The molecule has 0 aromatic heterocycles. The zero-order valence-electron chi connectivity index (χ0n) is 10.4. The molecule has 0 aliphatic heterocycles. The molecule has 0 fully saturated rings. The Morgan fingerprint density at radius 1 is 1.53 bits per heavy atom.